The Bertz CT molecular complexity index is 1390. The van der Waals surface area contributed by atoms with Gasteiger partial charge in [-0.1, -0.05) is 18.2 Å². The van der Waals surface area contributed by atoms with Gasteiger partial charge in [0.1, 0.15) is 0 Å². The van der Waals surface area contributed by atoms with Crippen molar-refractivity contribution in [3.63, 3.8) is 0 Å². The maximum atomic E-state index is 12.5. The van der Waals surface area contributed by atoms with Crippen LogP contribution in [0.4, 0.5) is 17.3 Å². The molecule has 0 spiro atoms. The minimum absolute atomic E-state index is 0.100. The van der Waals surface area contributed by atoms with Crippen LogP contribution in [0.1, 0.15) is 17.3 Å². The number of ether oxygens (including phenoxy) is 1. The maximum Gasteiger partial charge on any atom is 0.251 e. The van der Waals surface area contributed by atoms with Crippen LogP contribution in [0.25, 0.3) is 16.9 Å². The molecular formula is C27H29N7O3. The highest BCUT2D eigenvalue weighted by Gasteiger charge is 2.12. The number of morpholine rings is 1. The topological polar surface area (TPSA) is 113 Å². The molecule has 10 heteroatoms. The second-order valence-electron chi connectivity index (χ2n) is 8.79. The number of pyridine rings is 1. The van der Waals surface area contributed by atoms with Crippen LogP contribution in [-0.4, -0.2) is 70.7 Å². The van der Waals surface area contributed by atoms with E-state index in [1.54, 1.807) is 16.6 Å². The summed E-state index contributed by atoms with van der Waals surface area (Å²) in [6.45, 7) is 6.19. The van der Waals surface area contributed by atoms with Crippen molar-refractivity contribution >= 4 is 34.8 Å². The monoisotopic (exact) mass is 499 g/mol. The van der Waals surface area contributed by atoms with Gasteiger partial charge in [-0.3, -0.25) is 14.5 Å². The lowest BCUT2D eigenvalue weighted by Gasteiger charge is -2.26. The molecule has 1 aliphatic heterocycles. The van der Waals surface area contributed by atoms with Crippen molar-refractivity contribution in [2.24, 2.45) is 0 Å². The number of amides is 2. The molecule has 0 atom stereocenters. The Labute approximate surface area is 214 Å². The third kappa shape index (κ3) is 6.11. The number of hydrogen-bond acceptors (Lipinski definition) is 7. The largest absolute Gasteiger partial charge is 0.379 e. The zero-order chi connectivity index (χ0) is 25.6. The highest BCUT2D eigenvalue weighted by Crippen LogP contribution is 2.24. The van der Waals surface area contributed by atoms with Gasteiger partial charge in [0.15, 0.2) is 5.65 Å². The number of nitrogens with one attached hydrogen (secondary N) is 3. The van der Waals surface area contributed by atoms with E-state index in [4.69, 9.17) is 4.74 Å². The van der Waals surface area contributed by atoms with Crippen molar-refractivity contribution in [2.75, 3.05) is 50.0 Å². The van der Waals surface area contributed by atoms with Gasteiger partial charge < -0.3 is 20.7 Å². The molecule has 1 saturated heterocycles. The molecule has 1 fully saturated rings. The Morgan fingerprint density at radius 2 is 1.76 bits per heavy atom. The van der Waals surface area contributed by atoms with E-state index in [1.807, 2.05) is 54.6 Å². The van der Waals surface area contributed by atoms with Gasteiger partial charge in [0.2, 0.25) is 11.9 Å². The zero-order valence-electron chi connectivity index (χ0n) is 20.6. The highest BCUT2D eigenvalue weighted by molar-refractivity contribution is 5.94. The second-order valence-corrected chi connectivity index (χ2v) is 8.79. The van der Waals surface area contributed by atoms with Crippen molar-refractivity contribution in [3.05, 3.63) is 72.3 Å². The summed E-state index contributed by atoms with van der Waals surface area (Å²) < 4.78 is 7.11. The van der Waals surface area contributed by atoms with Crippen LogP contribution in [0.2, 0.25) is 0 Å². The van der Waals surface area contributed by atoms with E-state index in [1.165, 1.54) is 6.92 Å². The molecule has 3 heterocycles. The van der Waals surface area contributed by atoms with Gasteiger partial charge in [-0.05, 0) is 48.5 Å². The third-order valence-electron chi connectivity index (χ3n) is 6.06. The molecule has 190 valence electrons. The van der Waals surface area contributed by atoms with E-state index in [-0.39, 0.29) is 11.8 Å². The molecule has 0 bridgehead atoms. The molecule has 0 saturated carbocycles. The predicted octanol–water partition coefficient (Wildman–Crippen LogP) is 3.16. The zero-order valence-corrected chi connectivity index (χ0v) is 20.6. The van der Waals surface area contributed by atoms with Gasteiger partial charge in [0.25, 0.3) is 5.91 Å². The van der Waals surface area contributed by atoms with Crippen LogP contribution in [0.15, 0.2) is 66.7 Å². The van der Waals surface area contributed by atoms with E-state index in [0.29, 0.717) is 29.4 Å². The van der Waals surface area contributed by atoms with E-state index < -0.39 is 0 Å². The lowest BCUT2D eigenvalue weighted by molar-refractivity contribution is -0.114. The van der Waals surface area contributed by atoms with Gasteiger partial charge in [-0.2, -0.15) is 4.98 Å². The molecule has 3 N–H and O–H groups in total. The summed E-state index contributed by atoms with van der Waals surface area (Å²) in [4.78, 5) is 30.8. The fourth-order valence-electron chi connectivity index (χ4n) is 4.22. The fraction of sp³-hybridized carbons (Fsp3) is 0.259. The van der Waals surface area contributed by atoms with Crippen molar-refractivity contribution in [1.82, 2.24) is 24.8 Å². The first-order valence-electron chi connectivity index (χ1n) is 12.2. The van der Waals surface area contributed by atoms with Gasteiger partial charge in [-0.15, -0.1) is 5.10 Å². The number of rotatable bonds is 8. The first kappa shape index (κ1) is 24.4. The first-order chi connectivity index (χ1) is 18.0. The van der Waals surface area contributed by atoms with Crippen LogP contribution in [0.5, 0.6) is 0 Å². The number of benzene rings is 2. The lowest BCUT2D eigenvalue weighted by atomic mass is 10.1. The normalized spacial score (nSPS) is 13.9. The molecule has 1 aliphatic rings. The Morgan fingerprint density at radius 3 is 2.54 bits per heavy atom. The molecule has 10 nitrogen and oxygen atoms in total. The number of nitrogens with zero attached hydrogens (tertiary/aromatic N) is 4. The number of fused-ring (bicyclic) bond motifs is 1. The van der Waals surface area contributed by atoms with E-state index >= 15 is 0 Å². The minimum atomic E-state index is -0.126. The summed E-state index contributed by atoms with van der Waals surface area (Å²) in [6, 6.07) is 20.6. The van der Waals surface area contributed by atoms with Crippen molar-refractivity contribution in [2.45, 2.75) is 6.92 Å². The predicted molar refractivity (Wildman–Crippen MR) is 142 cm³/mol. The van der Waals surface area contributed by atoms with E-state index in [2.05, 4.69) is 30.9 Å². The standard InChI is InChI=1S/C27H29N7O3/c1-19(35)29-23-5-2-4-21(18-23)24-6-3-7-25-31-27(32-34(24)25)30-22-10-8-20(9-11-22)26(36)28-12-13-33-14-16-37-17-15-33/h2-11,18H,12-17H2,1H3,(H,28,36)(H,29,35)(H,30,32). The molecule has 0 unspecified atom stereocenters. The van der Waals surface area contributed by atoms with Crippen LogP contribution in [-0.2, 0) is 9.53 Å². The Balaban J connectivity index is 1.24. The minimum Gasteiger partial charge on any atom is -0.379 e. The summed E-state index contributed by atoms with van der Waals surface area (Å²) >= 11 is 0. The Morgan fingerprint density at radius 1 is 0.973 bits per heavy atom. The fourth-order valence-corrected chi connectivity index (χ4v) is 4.22. The van der Waals surface area contributed by atoms with Crippen molar-refractivity contribution in [3.8, 4) is 11.3 Å². The van der Waals surface area contributed by atoms with Gasteiger partial charge in [0.05, 0.1) is 18.9 Å². The summed E-state index contributed by atoms with van der Waals surface area (Å²) in [5.41, 5.74) is 4.50. The molecule has 5 rings (SSSR count). The van der Waals surface area contributed by atoms with Gasteiger partial charge in [0, 0.05) is 55.6 Å². The number of hydrogen-bond donors (Lipinski definition) is 3. The molecular weight excluding hydrogens is 470 g/mol. The van der Waals surface area contributed by atoms with Crippen molar-refractivity contribution in [1.29, 1.82) is 0 Å². The summed E-state index contributed by atoms with van der Waals surface area (Å²) in [6.07, 6.45) is 0. The molecule has 37 heavy (non-hydrogen) atoms. The number of carbonyl (C=O) groups excluding carboxylic acids is 2. The Hall–Kier alpha value is -4.28. The third-order valence-corrected chi connectivity index (χ3v) is 6.06. The number of anilines is 3. The molecule has 2 amide bonds. The van der Waals surface area contributed by atoms with Gasteiger partial charge >= 0.3 is 0 Å². The second kappa shape index (κ2) is 11.2. The van der Waals surface area contributed by atoms with Gasteiger partial charge in [-0.25, -0.2) is 4.52 Å². The molecule has 2 aromatic heterocycles. The first-order valence-corrected chi connectivity index (χ1v) is 12.2. The van der Waals surface area contributed by atoms with Crippen LogP contribution >= 0.6 is 0 Å². The number of carbonyl (C=O) groups is 2. The molecule has 4 aromatic rings. The van der Waals surface area contributed by atoms with Crippen LogP contribution in [0, 0.1) is 0 Å². The summed E-state index contributed by atoms with van der Waals surface area (Å²) in [7, 11) is 0. The van der Waals surface area contributed by atoms with E-state index in [9.17, 15) is 9.59 Å². The molecule has 0 aliphatic carbocycles. The lowest BCUT2D eigenvalue weighted by Crippen LogP contribution is -2.41. The van der Waals surface area contributed by atoms with Crippen LogP contribution < -0.4 is 16.0 Å². The SMILES string of the molecule is CC(=O)Nc1cccc(-c2cccc3nc(Nc4ccc(C(=O)NCCN5CCOCC5)cc4)nn23)c1. The number of aromatic nitrogens is 3. The van der Waals surface area contributed by atoms with Crippen molar-refractivity contribution < 1.29 is 14.3 Å². The highest BCUT2D eigenvalue weighted by atomic mass is 16.5. The molecule has 2 aromatic carbocycles. The smallest absolute Gasteiger partial charge is 0.251 e. The summed E-state index contributed by atoms with van der Waals surface area (Å²) in [5.74, 6) is 0.212. The quantitative estimate of drug-likeness (QED) is 0.341. The Kier molecular flexibility index (Phi) is 7.38. The maximum absolute atomic E-state index is 12.5. The molecule has 0 radical (unpaired) electrons. The summed E-state index contributed by atoms with van der Waals surface area (Å²) in [5, 5.41) is 13.6. The average molecular weight is 500 g/mol. The van der Waals surface area contributed by atoms with Crippen LogP contribution in [0.3, 0.4) is 0 Å². The van der Waals surface area contributed by atoms with E-state index in [0.717, 1.165) is 49.8 Å². The average Bonchev–Trinajstić information content (AvgIpc) is 3.32.